The molecule has 2 aliphatic carbocycles. The van der Waals surface area contributed by atoms with Crippen LogP contribution in [0.2, 0.25) is 5.02 Å². The summed E-state index contributed by atoms with van der Waals surface area (Å²) in [6, 6.07) is 2.14. The first kappa shape index (κ1) is 13.3. The van der Waals surface area contributed by atoms with Gasteiger partial charge in [-0.05, 0) is 55.7 Å². The maximum Gasteiger partial charge on any atom is 0.139 e. The molecule has 104 valence electrons. The number of nitrogens with two attached hydrogens (primary N) is 1. The monoisotopic (exact) mass is 279 g/mol. The molecule has 0 unspecified atom stereocenters. The van der Waals surface area contributed by atoms with Crippen LogP contribution in [0.5, 0.6) is 5.75 Å². The highest BCUT2D eigenvalue weighted by Crippen LogP contribution is 2.45. The third-order valence-electron chi connectivity index (χ3n) is 4.84. The number of rotatable bonds is 1. The smallest absolute Gasteiger partial charge is 0.139 e. The van der Waals surface area contributed by atoms with Crippen molar-refractivity contribution in [3.63, 3.8) is 0 Å². The zero-order chi connectivity index (χ0) is 13.5. The van der Waals surface area contributed by atoms with Crippen LogP contribution in [0.4, 0.5) is 0 Å². The average molecular weight is 280 g/mol. The fourth-order valence-electron chi connectivity index (χ4n) is 3.67. The van der Waals surface area contributed by atoms with Gasteiger partial charge in [-0.15, -0.1) is 0 Å². The minimum atomic E-state index is -0.377. The number of fused-ring (bicyclic) bond motifs is 1. The molecule has 0 spiro atoms. The minimum absolute atomic E-state index is 0.242. The van der Waals surface area contributed by atoms with E-state index in [1.165, 1.54) is 24.8 Å². The van der Waals surface area contributed by atoms with Gasteiger partial charge in [-0.3, -0.25) is 0 Å². The van der Waals surface area contributed by atoms with E-state index in [0.29, 0.717) is 5.02 Å². The number of aryl methyl sites for hydroxylation is 1. The lowest BCUT2D eigenvalue weighted by atomic mass is 9.75. The lowest BCUT2D eigenvalue weighted by molar-refractivity contribution is 0.291. The Morgan fingerprint density at radius 2 is 1.74 bits per heavy atom. The number of phenolic OH excluding ortho intramolecular Hbond substituents is 1. The van der Waals surface area contributed by atoms with Crippen LogP contribution in [0, 0.1) is 0 Å². The zero-order valence-corrected chi connectivity index (χ0v) is 12.1. The Bertz CT molecular complexity index is 492. The van der Waals surface area contributed by atoms with Crippen LogP contribution >= 0.6 is 11.6 Å². The molecule has 1 aromatic carbocycles. The highest BCUT2D eigenvalue weighted by atomic mass is 35.5. The Morgan fingerprint density at radius 3 is 2.47 bits per heavy atom. The molecular formula is C16H22ClNO. The van der Waals surface area contributed by atoms with E-state index in [4.69, 9.17) is 17.3 Å². The summed E-state index contributed by atoms with van der Waals surface area (Å²) in [5.41, 5.74) is 9.53. The second-order valence-electron chi connectivity index (χ2n) is 6.15. The summed E-state index contributed by atoms with van der Waals surface area (Å²) in [5.74, 6) is 0.242. The molecule has 3 rings (SSSR count). The topological polar surface area (TPSA) is 46.2 Å². The fourth-order valence-corrected chi connectivity index (χ4v) is 3.99. The molecule has 1 saturated carbocycles. The van der Waals surface area contributed by atoms with Crippen LogP contribution in [0.15, 0.2) is 6.07 Å². The number of hydrogen-bond donors (Lipinski definition) is 2. The van der Waals surface area contributed by atoms with Gasteiger partial charge >= 0.3 is 0 Å². The molecule has 0 atom stereocenters. The van der Waals surface area contributed by atoms with Crippen molar-refractivity contribution < 1.29 is 5.11 Å². The SMILES string of the molecule is NC1(c2cc3c(c(Cl)c2O)CCCC3)CCCCC1. The van der Waals surface area contributed by atoms with Crippen LogP contribution in [-0.2, 0) is 18.4 Å². The first-order chi connectivity index (χ1) is 9.12. The molecule has 3 heteroatoms. The molecule has 0 aliphatic heterocycles. The Hall–Kier alpha value is -0.730. The first-order valence-electron chi connectivity index (χ1n) is 7.44. The maximum absolute atomic E-state index is 10.5. The summed E-state index contributed by atoms with van der Waals surface area (Å²) in [5, 5.41) is 11.0. The molecular weight excluding hydrogens is 258 g/mol. The quantitative estimate of drug-likeness (QED) is 0.815. The standard InChI is InChI=1S/C16H22ClNO/c17-14-12-7-3-2-6-11(12)10-13(15(14)19)16(18)8-4-1-5-9-16/h10,19H,1-9,18H2. The second-order valence-corrected chi connectivity index (χ2v) is 6.53. The molecule has 3 N–H and O–H groups in total. The third kappa shape index (κ3) is 2.25. The number of benzene rings is 1. The molecule has 0 heterocycles. The van der Waals surface area contributed by atoms with Crippen molar-refractivity contribution in [3.8, 4) is 5.75 Å². The van der Waals surface area contributed by atoms with Crippen molar-refractivity contribution in [2.24, 2.45) is 5.73 Å². The van der Waals surface area contributed by atoms with Crippen LogP contribution < -0.4 is 5.73 Å². The molecule has 2 aliphatic rings. The molecule has 0 radical (unpaired) electrons. The van der Waals surface area contributed by atoms with Gasteiger partial charge in [0, 0.05) is 11.1 Å². The molecule has 0 aromatic heterocycles. The minimum Gasteiger partial charge on any atom is -0.506 e. The third-order valence-corrected chi connectivity index (χ3v) is 5.25. The molecule has 1 fully saturated rings. The van der Waals surface area contributed by atoms with E-state index >= 15 is 0 Å². The number of halogens is 1. The second kappa shape index (κ2) is 4.99. The van der Waals surface area contributed by atoms with E-state index in [2.05, 4.69) is 6.07 Å². The van der Waals surface area contributed by atoms with E-state index in [1.807, 2.05) is 0 Å². The van der Waals surface area contributed by atoms with Crippen molar-refractivity contribution in [1.82, 2.24) is 0 Å². The molecule has 19 heavy (non-hydrogen) atoms. The van der Waals surface area contributed by atoms with Crippen molar-refractivity contribution >= 4 is 11.6 Å². The van der Waals surface area contributed by atoms with Gasteiger partial charge < -0.3 is 10.8 Å². The fraction of sp³-hybridized carbons (Fsp3) is 0.625. The van der Waals surface area contributed by atoms with Gasteiger partial charge in [-0.2, -0.15) is 0 Å². The van der Waals surface area contributed by atoms with Crippen molar-refractivity contribution in [1.29, 1.82) is 0 Å². The van der Waals surface area contributed by atoms with Crippen molar-refractivity contribution in [3.05, 3.63) is 27.8 Å². The maximum atomic E-state index is 10.5. The molecule has 0 amide bonds. The van der Waals surface area contributed by atoms with Gasteiger partial charge in [0.1, 0.15) is 5.75 Å². The van der Waals surface area contributed by atoms with Crippen molar-refractivity contribution in [2.75, 3.05) is 0 Å². The van der Waals surface area contributed by atoms with E-state index < -0.39 is 0 Å². The summed E-state index contributed by atoms with van der Waals surface area (Å²) in [4.78, 5) is 0. The Balaban J connectivity index is 2.08. The summed E-state index contributed by atoms with van der Waals surface area (Å²) < 4.78 is 0. The summed E-state index contributed by atoms with van der Waals surface area (Å²) in [6.45, 7) is 0. The van der Waals surface area contributed by atoms with Gasteiger partial charge in [0.15, 0.2) is 0 Å². The van der Waals surface area contributed by atoms with Gasteiger partial charge in [-0.1, -0.05) is 30.9 Å². The Morgan fingerprint density at radius 1 is 1.05 bits per heavy atom. The van der Waals surface area contributed by atoms with Gasteiger partial charge in [0.2, 0.25) is 0 Å². The summed E-state index contributed by atoms with van der Waals surface area (Å²) in [6.07, 6.45) is 9.88. The lowest BCUT2D eigenvalue weighted by Gasteiger charge is -2.35. The van der Waals surface area contributed by atoms with Gasteiger partial charge in [0.25, 0.3) is 0 Å². The highest BCUT2D eigenvalue weighted by Gasteiger charge is 2.34. The first-order valence-corrected chi connectivity index (χ1v) is 7.82. The number of hydrogen-bond acceptors (Lipinski definition) is 2. The predicted molar refractivity (Wildman–Crippen MR) is 78.7 cm³/mol. The van der Waals surface area contributed by atoms with E-state index in [9.17, 15) is 5.11 Å². The average Bonchev–Trinajstić information content (AvgIpc) is 2.43. The molecule has 0 saturated heterocycles. The highest BCUT2D eigenvalue weighted by molar-refractivity contribution is 6.33. The van der Waals surface area contributed by atoms with Crippen molar-refractivity contribution in [2.45, 2.75) is 63.3 Å². The van der Waals surface area contributed by atoms with Crippen LogP contribution in [0.1, 0.15) is 61.6 Å². The van der Waals surface area contributed by atoms with Crippen LogP contribution in [0.3, 0.4) is 0 Å². The Kier molecular flexibility index (Phi) is 3.48. The number of phenols is 1. The van der Waals surface area contributed by atoms with Crippen LogP contribution in [-0.4, -0.2) is 5.11 Å². The van der Waals surface area contributed by atoms with E-state index in [-0.39, 0.29) is 11.3 Å². The normalized spacial score (nSPS) is 22.0. The van der Waals surface area contributed by atoms with Gasteiger partial charge in [0.05, 0.1) is 5.02 Å². The zero-order valence-electron chi connectivity index (χ0n) is 11.3. The summed E-state index contributed by atoms with van der Waals surface area (Å²) >= 11 is 6.39. The van der Waals surface area contributed by atoms with Crippen LogP contribution in [0.25, 0.3) is 0 Å². The molecule has 2 nitrogen and oxygen atoms in total. The van der Waals surface area contributed by atoms with E-state index in [1.54, 1.807) is 0 Å². The summed E-state index contributed by atoms with van der Waals surface area (Å²) in [7, 11) is 0. The number of aromatic hydroxyl groups is 1. The lowest BCUT2D eigenvalue weighted by Crippen LogP contribution is -2.39. The van der Waals surface area contributed by atoms with Gasteiger partial charge in [-0.25, -0.2) is 0 Å². The Labute approximate surface area is 120 Å². The predicted octanol–water partition coefficient (Wildman–Crippen LogP) is 4.04. The molecule has 0 bridgehead atoms. The largest absolute Gasteiger partial charge is 0.506 e. The van der Waals surface area contributed by atoms with E-state index in [0.717, 1.165) is 49.7 Å². The molecule has 1 aromatic rings.